The van der Waals surface area contributed by atoms with Crippen molar-refractivity contribution in [1.29, 1.82) is 0 Å². The number of ether oxygens (including phenoxy) is 2. The number of aromatic nitrogens is 2. The summed E-state index contributed by atoms with van der Waals surface area (Å²) < 4.78 is 13.9. The minimum atomic E-state index is 0.126. The quantitative estimate of drug-likeness (QED) is 0.667. The van der Waals surface area contributed by atoms with Crippen LogP contribution in [0.15, 0.2) is 29.3 Å². The highest BCUT2D eigenvalue weighted by molar-refractivity contribution is 5.80. The lowest BCUT2D eigenvalue weighted by atomic mass is 10.1. The second-order valence-corrected chi connectivity index (χ2v) is 6.88. The van der Waals surface area contributed by atoms with E-state index in [1.165, 1.54) is 0 Å². The van der Waals surface area contributed by atoms with Gasteiger partial charge in [0.1, 0.15) is 11.9 Å². The van der Waals surface area contributed by atoms with Gasteiger partial charge in [0, 0.05) is 33.8 Å². The van der Waals surface area contributed by atoms with Crippen LogP contribution in [0.2, 0.25) is 0 Å². The molecule has 2 aliphatic rings. The minimum Gasteiger partial charge on any atom is -0.375 e. The van der Waals surface area contributed by atoms with E-state index in [2.05, 4.69) is 32.9 Å². The molecule has 0 bridgehead atoms. The number of guanidine groups is 1. The Hall–Kier alpha value is -2.12. The van der Waals surface area contributed by atoms with Crippen LogP contribution in [0.4, 0.5) is 0 Å². The van der Waals surface area contributed by atoms with Crippen molar-refractivity contribution < 1.29 is 9.47 Å². The molecular weight excluding hydrogens is 330 g/mol. The summed E-state index contributed by atoms with van der Waals surface area (Å²) in [7, 11) is 3.88. The zero-order chi connectivity index (χ0) is 17.9. The fourth-order valence-corrected chi connectivity index (χ4v) is 3.83. The van der Waals surface area contributed by atoms with Crippen LogP contribution in [-0.2, 0) is 23.1 Å². The third-order valence-electron chi connectivity index (χ3n) is 5.27. The van der Waals surface area contributed by atoms with Gasteiger partial charge in [0.15, 0.2) is 5.96 Å². The summed E-state index contributed by atoms with van der Waals surface area (Å²) >= 11 is 0. The monoisotopic (exact) mass is 357 g/mol. The van der Waals surface area contributed by atoms with Crippen molar-refractivity contribution >= 4 is 17.0 Å². The Morgan fingerprint density at radius 2 is 2.12 bits per heavy atom. The van der Waals surface area contributed by atoms with Gasteiger partial charge in [-0.3, -0.25) is 4.99 Å². The van der Waals surface area contributed by atoms with Gasteiger partial charge >= 0.3 is 0 Å². The Kier molecular flexibility index (Phi) is 5.08. The third kappa shape index (κ3) is 3.41. The number of hydrogen-bond acceptors (Lipinski definition) is 4. The summed E-state index contributed by atoms with van der Waals surface area (Å²) in [6, 6.07) is 8.19. The SMILES string of the molecule is CN=C(NCc1nc2ccccc2n1C)N1CCOC(C2CCCO2)C1. The zero-order valence-electron chi connectivity index (χ0n) is 15.5. The van der Waals surface area contributed by atoms with Gasteiger partial charge in [-0.25, -0.2) is 4.98 Å². The fraction of sp³-hybridized carbons (Fsp3) is 0.579. The second kappa shape index (κ2) is 7.63. The van der Waals surface area contributed by atoms with Crippen LogP contribution in [0, 0.1) is 0 Å². The topological polar surface area (TPSA) is 63.9 Å². The van der Waals surface area contributed by atoms with Crippen molar-refractivity contribution in [2.24, 2.45) is 12.0 Å². The molecule has 7 heteroatoms. The molecule has 2 aliphatic heterocycles. The first kappa shape index (κ1) is 17.3. The molecule has 0 aliphatic carbocycles. The van der Waals surface area contributed by atoms with E-state index in [9.17, 15) is 0 Å². The van der Waals surface area contributed by atoms with Crippen molar-refractivity contribution in [3.8, 4) is 0 Å². The third-order valence-corrected chi connectivity index (χ3v) is 5.27. The van der Waals surface area contributed by atoms with E-state index in [1.807, 2.05) is 25.2 Å². The molecule has 2 saturated heterocycles. The summed E-state index contributed by atoms with van der Waals surface area (Å²) in [6.45, 7) is 3.85. The van der Waals surface area contributed by atoms with Gasteiger partial charge in [-0.15, -0.1) is 0 Å². The van der Waals surface area contributed by atoms with E-state index in [0.717, 1.165) is 55.4 Å². The smallest absolute Gasteiger partial charge is 0.194 e. The van der Waals surface area contributed by atoms with Gasteiger partial charge in [0.05, 0.1) is 30.3 Å². The average molecular weight is 357 g/mol. The molecule has 2 unspecified atom stereocenters. The molecule has 7 nitrogen and oxygen atoms in total. The fourth-order valence-electron chi connectivity index (χ4n) is 3.83. The number of imidazole rings is 1. The summed E-state index contributed by atoms with van der Waals surface area (Å²) in [5.74, 6) is 1.89. The number of aryl methyl sites for hydroxylation is 1. The first-order valence-corrected chi connectivity index (χ1v) is 9.35. The van der Waals surface area contributed by atoms with Gasteiger partial charge in [0.25, 0.3) is 0 Å². The van der Waals surface area contributed by atoms with Crippen LogP contribution in [0.25, 0.3) is 11.0 Å². The molecule has 1 aromatic heterocycles. The molecule has 2 fully saturated rings. The second-order valence-electron chi connectivity index (χ2n) is 6.88. The molecule has 2 atom stereocenters. The Morgan fingerprint density at radius 3 is 2.88 bits per heavy atom. The highest BCUT2D eigenvalue weighted by Gasteiger charge is 2.32. The average Bonchev–Trinajstić information content (AvgIpc) is 3.32. The lowest BCUT2D eigenvalue weighted by Crippen LogP contribution is -2.53. The number of nitrogens with zero attached hydrogens (tertiary/aromatic N) is 4. The summed E-state index contributed by atoms with van der Waals surface area (Å²) in [6.07, 6.45) is 2.56. The van der Waals surface area contributed by atoms with Crippen LogP contribution < -0.4 is 5.32 Å². The molecule has 0 radical (unpaired) electrons. The molecule has 2 aromatic rings. The van der Waals surface area contributed by atoms with Gasteiger partial charge < -0.3 is 24.3 Å². The number of nitrogens with one attached hydrogen (secondary N) is 1. The normalized spacial score (nSPS) is 24.4. The number of hydrogen-bond donors (Lipinski definition) is 1. The molecule has 26 heavy (non-hydrogen) atoms. The molecule has 3 heterocycles. The van der Waals surface area contributed by atoms with Crippen molar-refractivity contribution in [3.63, 3.8) is 0 Å². The summed E-state index contributed by atoms with van der Waals surface area (Å²) in [5, 5.41) is 3.46. The van der Waals surface area contributed by atoms with E-state index in [-0.39, 0.29) is 12.2 Å². The molecule has 1 aromatic carbocycles. The van der Waals surface area contributed by atoms with Crippen molar-refractivity contribution in [2.45, 2.75) is 31.6 Å². The van der Waals surface area contributed by atoms with Crippen LogP contribution in [0.1, 0.15) is 18.7 Å². The Balaban J connectivity index is 1.41. The van der Waals surface area contributed by atoms with Crippen LogP contribution in [0.3, 0.4) is 0 Å². The number of para-hydroxylation sites is 2. The lowest BCUT2D eigenvalue weighted by molar-refractivity contribution is -0.0817. The Bertz CT molecular complexity index is 781. The van der Waals surface area contributed by atoms with E-state index < -0.39 is 0 Å². The van der Waals surface area contributed by atoms with E-state index >= 15 is 0 Å². The van der Waals surface area contributed by atoms with Crippen molar-refractivity contribution in [2.75, 3.05) is 33.4 Å². The van der Waals surface area contributed by atoms with E-state index in [0.29, 0.717) is 13.2 Å². The molecule has 4 rings (SSSR count). The Morgan fingerprint density at radius 1 is 1.27 bits per heavy atom. The summed E-state index contributed by atoms with van der Waals surface area (Å²) in [4.78, 5) is 11.5. The number of rotatable bonds is 3. The molecule has 0 spiro atoms. The molecule has 140 valence electrons. The van der Waals surface area contributed by atoms with Crippen LogP contribution in [-0.4, -0.2) is 66.0 Å². The molecule has 1 N–H and O–H groups in total. The van der Waals surface area contributed by atoms with Crippen LogP contribution in [0.5, 0.6) is 0 Å². The summed E-state index contributed by atoms with van der Waals surface area (Å²) in [5.41, 5.74) is 2.16. The standard InChI is InChI=1S/C19H27N5O2/c1-20-19(24-9-11-26-17(13-24)16-8-5-10-25-16)21-12-18-22-14-6-3-4-7-15(14)23(18)2/h3-4,6-7,16-17H,5,8-13H2,1-2H3,(H,20,21). The van der Waals surface area contributed by atoms with Gasteiger partial charge in [-0.1, -0.05) is 12.1 Å². The van der Waals surface area contributed by atoms with E-state index in [4.69, 9.17) is 14.5 Å². The first-order chi connectivity index (χ1) is 12.8. The molecule has 0 saturated carbocycles. The highest BCUT2D eigenvalue weighted by Crippen LogP contribution is 2.21. The van der Waals surface area contributed by atoms with Gasteiger partial charge in [-0.05, 0) is 25.0 Å². The zero-order valence-corrected chi connectivity index (χ0v) is 15.5. The first-order valence-electron chi connectivity index (χ1n) is 9.35. The van der Waals surface area contributed by atoms with Crippen molar-refractivity contribution in [3.05, 3.63) is 30.1 Å². The minimum absolute atomic E-state index is 0.126. The molecule has 0 amide bonds. The molecular formula is C19H27N5O2. The number of morpholine rings is 1. The van der Waals surface area contributed by atoms with Gasteiger partial charge in [0.2, 0.25) is 0 Å². The number of aliphatic imine (C=N–C) groups is 1. The highest BCUT2D eigenvalue weighted by atomic mass is 16.5. The predicted molar refractivity (Wildman–Crippen MR) is 101 cm³/mol. The van der Waals surface area contributed by atoms with Gasteiger partial charge in [-0.2, -0.15) is 0 Å². The lowest BCUT2D eigenvalue weighted by Gasteiger charge is -2.37. The predicted octanol–water partition coefficient (Wildman–Crippen LogP) is 1.53. The number of fused-ring (bicyclic) bond motifs is 1. The number of benzene rings is 1. The Labute approximate surface area is 154 Å². The maximum Gasteiger partial charge on any atom is 0.194 e. The van der Waals surface area contributed by atoms with E-state index in [1.54, 1.807) is 0 Å². The maximum absolute atomic E-state index is 5.94. The maximum atomic E-state index is 5.94. The van der Waals surface area contributed by atoms with Crippen LogP contribution >= 0.6 is 0 Å². The van der Waals surface area contributed by atoms with Crippen molar-refractivity contribution in [1.82, 2.24) is 19.8 Å². The largest absolute Gasteiger partial charge is 0.375 e.